The fraction of sp³-hybridized carbons (Fsp3) is 0.267. The van der Waals surface area contributed by atoms with E-state index in [4.69, 9.17) is 4.74 Å². The van der Waals surface area contributed by atoms with Crippen molar-refractivity contribution < 1.29 is 4.74 Å². The smallest absolute Gasteiger partial charge is 0.119 e. The molecule has 0 bridgehead atoms. The van der Waals surface area contributed by atoms with Crippen LogP contribution >= 0.6 is 0 Å². The van der Waals surface area contributed by atoms with E-state index in [9.17, 15) is 0 Å². The zero-order chi connectivity index (χ0) is 12.8. The second-order valence-electron chi connectivity index (χ2n) is 4.21. The monoisotopic (exact) mass is 242 g/mol. The predicted molar refractivity (Wildman–Crippen MR) is 74.2 cm³/mol. The highest BCUT2D eigenvalue weighted by Crippen LogP contribution is 2.20. The molecule has 1 aromatic carbocycles. The average Bonchev–Trinajstić information content (AvgIpc) is 2.42. The number of aromatic nitrogens is 1. The molecule has 94 valence electrons. The third-order valence-electron chi connectivity index (χ3n) is 2.91. The first-order valence-electron chi connectivity index (χ1n) is 6.07. The van der Waals surface area contributed by atoms with E-state index in [1.807, 2.05) is 36.7 Å². The number of aryl methyl sites for hydroxylation is 1. The molecule has 3 heteroatoms. The number of ether oxygens (including phenoxy) is 1. The van der Waals surface area contributed by atoms with E-state index >= 15 is 0 Å². The number of rotatable bonds is 5. The van der Waals surface area contributed by atoms with Crippen molar-refractivity contribution in [1.29, 1.82) is 0 Å². The summed E-state index contributed by atoms with van der Waals surface area (Å²) in [5.74, 6) is 0.896. The number of benzene rings is 1. The summed E-state index contributed by atoms with van der Waals surface area (Å²) < 4.78 is 5.19. The minimum absolute atomic E-state index is 0.896. The van der Waals surface area contributed by atoms with E-state index in [-0.39, 0.29) is 0 Å². The van der Waals surface area contributed by atoms with Crippen molar-refractivity contribution in [1.82, 2.24) is 4.98 Å². The molecule has 1 N–H and O–H groups in total. The molecule has 0 saturated carbocycles. The number of hydrogen-bond acceptors (Lipinski definition) is 3. The Labute approximate surface area is 108 Å². The van der Waals surface area contributed by atoms with Crippen molar-refractivity contribution in [3.8, 4) is 5.75 Å². The van der Waals surface area contributed by atoms with Crippen LogP contribution in [0.5, 0.6) is 5.75 Å². The van der Waals surface area contributed by atoms with Crippen molar-refractivity contribution >= 4 is 5.69 Å². The lowest BCUT2D eigenvalue weighted by Gasteiger charge is -2.10. The first-order chi connectivity index (χ1) is 8.79. The molecule has 0 aliphatic rings. The molecule has 0 aliphatic heterocycles. The molecule has 2 rings (SSSR count). The molecule has 0 spiro atoms. The van der Waals surface area contributed by atoms with Gasteiger partial charge in [-0.25, -0.2) is 0 Å². The van der Waals surface area contributed by atoms with E-state index in [1.165, 1.54) is 11.1 Å². The first kappa shape index (κ1) is 12.4. The molecule has 0 amide bonds. The van der Waals surface area contributed by atoms with E-state index in [2.05, 4.69) is 23.3 Å². The van der Waals surface area contributed by atoms with Crippen molar-refractivity contribution in [3.63, 3.8) is 0 Å². The van der Waals surface area contributed by atoms with Crippen LogP contribution in [0.4, 0.5) is 5.69 Å². The first-order valence-corrected chi connectivity index (χ1v) is 6.07. The van der Waals surface area contributed by atoms with Crippen LogP contribution in [0.15, 0.2) is 42.7 Å². The molecule has 2 aromatic rings. The van der Waals surface area contributed by atoms with Crippen molar-refractivity contribution in [2.24, 2.45) is 0 Å². The van der Waals surface area contributed by atoms with Gasteiger partial charge in [0.2, 0.25) is 0 Å². The normalized spacial score (nSPS) is 10.1. The summed E-state index contributed by atoms with van der Waals surface area (Å²) in [5, 5.41) is 3.44. The minimum Gasteiger partial charge on any atom is -0.497 e. The van der Waals surface area contributed by atoms with Gasteiger partial charge in [-0.3, -0.25) is 4.98 Å². The lowest BCUT2D eigenvalue weighted by molar-refractivity contribution is 0.414. The van der Waals surface area contributed by atoms with E-state index < -0.39 is 0 Å². The Bertz CT molecular complexity index is 497. The Morgan fingerprint density at radius 1 is 1.17 bits per heavy atom. The molecule has 18 heavy (non-hydrogen) atoms. The Morgan fingerprint density at radius 3 is 2.61 bits per heavy atom. The SMILES string of the molecule is COc1ccc(NCCc2ccncc2)c(C)c1. The maximum atomic E-state index is 5.19. The highest BCUT2D eigenvalue weighted by atomic mass is 16.5. The summed E-state index contributed by atoms with van der Waals surface area (Å²) in [6.07, 6.45) is 4.65. The van der Waals surface area contributed by atoms with E-state index in [0.29, 0.717) is 0 Å². The average molecular weight is 242 g/mol. The largest absolute Gasteiger partial charge is 0.497 e. The third-order valence-corrected chi connectivity index (χ3v) is 2.91. The zero-order valence-electron chi connectivity index (χ0n) is 10.8. The summed E-state index contributed by atoms with van der Waals surface area (Å²) in [5.41, 5.74) is 3.65. The van der Waals surface area contributed by atoms with Crippen LogP contribution in [0.3, 0.4) is 0 Å². The summed E-state index contributed by atoms with van der Waals surface area (Å²) in [6.45, 7) is 2.99. The van der Waals surface area contributed by atoms with Gasteiger partial charge in [0.05, 0.1) is 7.11 Å². The minimum atomic E-state index is 0.896. The molecular weight excluding hydrogens is 224 g/mol. The predicted octanol–water partition coefficient (Wildman–Crippen LogP) is 3.05. The fourth-order valence-corrected chi connectivity index (χ4v) is 1.85. The van der Waals surface area contributed by atoms with Crippen LogP contribution in [-0.2, 0) is 6.42 Å². The van der Waals surface area contributed by atoms with Gasteiger partial charge in [0, 0.05) is 24.6 Å². The Morgan fingerprint density at radius 2 is 1.94 bits per heavy atom. The number of pyridine rings is 1. The van der Waals surface area contributed by atoms with Crippen LogP contribution < -0.4 is 10.1 Å². The maximum Gasteiger partial charge on any atom is 0.119 e. The Kier molecular flexibility index (Phi) is 4.18. The van der Waals surface area contributed by atoms with Gasteiger partial charge in [0.25, 0.3) is 0 Å². The van der Waals surface area contributed by atoms with Crippen LogP contribution in [0.1, 0.15) is 11.1 Å². The molecule has 0 aliphatic carbocycles. The highest BCUT2D eigenvalue weighted by molar-refractivity contribution is 5.53. The Balaban J connectivity index is 1.91. The topological polar surface area (TPSA) is 34.1 Å². The van der Waals surface area contributed by atoms with Crippen molar-refractivity contribution in [2.45, 2.75) is 13.3 Å². The van der Waals surface area contributed by atoms with Crippen LogP contribution in [0.2, 0.25) is 0 Å². The molecule has 0 unspecified atom stereocenters. The Hall–Kier alpha value is -2.03. The molecule has 3 nitrogen and oxygen atoms in total. The molecular formula is C15H18N2O. The van der Waals surface area contributed by atoms with Gasteiger partial charge in [-0.15, -0.1) is 0 Å². The number of anilines is 1. The van der Waals surface area contributed by atoms with Gasteiger partial charge in [0.1, 0.15) is 5.75 Å². The highest BCUT2D eigenvalue weighted by Gasteiger charge is 1.99. The molecule has 0 fully saturated rings. The summed E-state index contributed by atoms with van der Waals surface area (Å²) in [4.78, 5) is 4.01. The van der Waals surface area contributed by atoms with Gasteiger partial charge < -0.3 is 10.1 Å². The lowest BCUT2D eigenvalue weighted by atomic mass is 10.1. The molecule has 0 atom stereocenters. The van der Waals surface area contributed by atoms with Crippen LogP contribution in [0, 0.1) is 6.92 Å². The molecule has 1 aromatic heterocycles. The van der Waals surface area contributed by atoms with Gasteiger partial charge in [-0.1, -0.05) is 0 Å². The number of hydrogen-bond donors (Lipinski definition) is 1. The second kappa shape index (κ2) is 6.05. The molecule has 0 saturated heterocycles. The van der Waals surface area contributed by atoms with E-state index in [1.54, 1.807) is 7.11 Å². The molecule has 1 heterocycles. The standard InChI is InChI=1S/C15H18N2O/c1-12-11-14(18-2)3-4-15(12)17-10-7-13-5-8-16-9-6-13/h3-6,8-9,11,17H,7,10H2,1-2H3. The van der Waals surface area contributed by atoms with Gasteiger partial charge in [-0.2, -0.15) is 0 Å². The third kappa shape index (κ3) is 3.23. The zero-order valence-corrected chi connectivity index (χ0v) is 10.8. The van der Waals surface area contributed by atoms with Crippen molar-refractivity contribution in [2.75, 3.05) is 19.0 Å². The van der Waals surface area contributed by atoms with Gasteiger partial charge >= 0.3 is 0 Å². The maximum absolute atomic E-state index is 5.19. The lowest BCUT2D eigenvalue weighted by Crippen LogP contribution is -2.06. The summed E-state index contributed by atoms with van der Waals surface area (Å²) in [6, 6.07) is 10.2. The van der Waals surface area contributed by atoms with E-state index in [0.717, 1.165) is 24.4 Å². The summed E-state index contributed by atoms with van der Waals surface area (Å²) >= 11 is 0. The quantitative estimate of drug-likeness (QED) is 0.875. The van der Waals surface area contributed by atoms with Crippen molar-refractivity contribution in [3.05, 3.63) is 53.9 Å². The number of methoxy groups -OCH3 is 1. The second-order valence-corrected chi connectivity index (χ2v) is 4.21. The molecule has 0 radical (unpaired) electrons. The fourth-order valence-electron chi connectivity index (χ4n) is 1.85. The summed E-state index contributed by atoms with van der Waals surface area (Å²) in [7, 11) is 1.69. The van der Waals surface area contributed by atoms with Crippen LogP contribution in [-0.4, -0.2) is 18.6 Å². The number of nitrogens with zero attached hydrogens (tertiary/aromatic N) is 1. The van der Waals surface area contributed by atoms with Crippen LogP contribution in [0.25, 0.3) is 0 Å². The van der Waals surface area contributed by atoms with Gasteiger partial charge in [-0.05, 0) is 54.8 Å². The number of nitrogens with one attached hydrogen (secondary N) is 1. The van der Waals surface area contributed by atoms with Gasteiger partial charge in [0.15, 0.2) is 0 Å².